The van der Waals surface area contributed by atoms with Crippen molar-refractivity contribution in [1.29, 1.82) is 0 Å². The largest absolute Gasteiger partial charge is 0.444 e. The fraction of sp³-hybridized carbons (Fsp3) is 0.842. The summed E-state index contributed by atoms with van der Waals surface area (Å²) < 4.78 is 5.47. The first-order chi connectivity index (χ1) is 12.8. The molecule has 0 aromatic carbocycles. The average molecular weight is 507 g/mol. The van der Waals surface area contributed by atoms with Crippen molar-refractivity contribution in [2.24, 2.45) is 4.99 Å². The van der Waals surface area contributed by atoms with Gasteiger partial charge in [-0.25, -0.2) is 4.79 Å². The lowest BCUT2D eigenvalue weighted by molar-refractivity contribution is -0.131. The molecule has 0 saturated carbocycles. The van der Waals surface area contributed by atoms with E-state index in [1.165, 1.54) is 6.42 Å². The molecule has 2 amide bonds. The molecule has 3 aliphatic rings. The Hall–Kier alpha value is -1.26. The van der Waals surface area contributed by atoms with Gasteiger partial charge in [0.05, 0.1) is 12.6 Å². The Labute approximate surface area is 185 Å². The summed E-state index contributed by atoms with van der Waals surface area (Å²) in [6.07, 6.45) is 3.72. The number of hydrogen-bond donors (Lipinski definition) is 1. The third-order valence-corrected chi connectivity index (χ3v) is 5.19. The Balaban J connectivity index is 0.00000280. The lowest BCUT2D eigenvalue weighted by Gasteiger charge is -2.39. The number of rotatable bonds is 3. The van der Waals surface area contributed by atoms with E-state index in [1.807, 2.05) is 25.7 Å². The van der Waals surface area contributed by atoms with Crippen LogP contribution in [0.2, 0.25) is 0 Å². The van der Waals surface area contributed by atoms with Gasteiger partial charge in [0.2, 0.25) is 5.91 Å². The number of amides is 2. The fourth-order valence-electron chi connectivity index (χ4n) is 3.81. The van der Waals surface area contributed by atoms with Crippen LogP contribution in [0, 0.1) is 0 Å². The topological polar surface area (TPSA) is 77.5 Å². The predicted octanol–water partition coefficient (Wildman–Crippen LogP) is 1.89. The van der Waals surface area contributed by atoms with Crippen LogP contribution < -0.4 is 5.32 Å². The Morgan fingerprint density at radius 2 is 1.82 bits per heavy atom. The van der Waals surface area contributed by atoms with Gasteiger partial charge in [0.15, 0.2) is 5.96 Å². The standard InChI is InChI=1S/C19H33N5O3.HI/c1-19(2,3)27-18(26)23-11-12-24-15(14-23)13-21-17(24)20-8-7-16(25)22-9-5-4-6-10-22;/h15H,4-14H2,1-3H3,(H,20,21);1H. The van der Waals surface area contributed by atoms with Crippen LogP contribution in [0.1, 0.15) is 46.5 Å². The second-order valence-corrected chi connectivity index (χ2v) is 8.56. The maximum Gasteiger partial charge on any atom is 0.410 e. The van der Waals surface area contributed by atoms with Crippen molar-refractivity contribution in [3.63, 3.8) is 0 Å². The molecule has 0 radical (unpaired) electrons. The van der Waals surface area contributed by atoms with Crippen LogP contribution in [0.25, 0.3) is 0 Å². The van der Waals surface area contributed by atoms with E-state index in [2.05, 4.69) is 15.2 Å². The molecular weight excluding hydrogens is 473 g/mol. The van der Waals surface area contributed by atoms with E-state index in [4.69, 9.17) is 4.74 Å². The smallest absolute Gasteiger partial charge is 0.410 e. The Kier molecular flexibility index (Phi) is 8.20. The number of likely N-dealkylation sites (tertiary alicyclic amines) is 1. The van der Waals surface area contributed by atoms with Gasteiger partial charge in [-0.05, 0) is 40.0 Å². The Bertz CT molecular complexity index is 587. The first-order valence-electron chi connectivity index (χ1n) is 10.1. The number of hydrogen-bond acceptors (Lipinski definition) is 6. The monoisotopic (exact) mass is 507 g/mol. The number of piperidine rings is 1. The number of fused-ring (bicyclic) bond motifs is 1. The summed E-state index contributed by atoms with van der Waals surface area (Å²) >= 11 is 0. The minimum atomic E-state index is -0.478. The van der Waals surface area contributed by atoms with Gasteiger partial charge < -0.3 is 24.8 Å². The molecule has 3 rings (SSSR count). The normalized spacial score (nSPS) is 22.2. The van der Waals surface area contributed by atoms with Gasteiger partial charge in [0, 0.05) is 45.7 Å². The molecule has 2 fully saturated rings. The molecule has 2 saturated heterocycles. The third kappa shape index (κ3) is 6.12. The van der Waals surface area contributed by atoms with Crippen molar-refractivity contribution in [1.82, 2.24) is 20.0 Å². The zero-order valence-corrected chi connectivity index (χ0v) is 19.6. The molecule has 160 valence electrons. The highest BCUT2D eigenvalue weighted by Gasteiger charge is 2.36. The van der Waals surface area contributed by atoms with E-state index >= 15 is 0 Å². The summed E-state index contributed by atoms with van der Waals surface area (Å²) in [5.41, 5.74) is -0.478. The summed E-state index contributed by atoms with van der Waals surface area (Å²) in [5, 5.41) is 3.33. The van der Waals surface area contributed by atoms with Crippen molar-refractivity contribution in [2.75, 3.05) is 45.8 Å². The molecule has 0 aliphatic carbocycles. The van der Waals surface area contributed by atoms with E-state index < -0.39 is 5.60 Å². The van der Waals surface area contributed by atoms with E-state index in [-0.39, 0.29) is 42.0 Å². The van der Waals surface area contributed by atoms with Crippen molar-refractivity contribution in [3.8, 4) is 0 Å². The number of aliphatic imine (C=N–C) groups is 1. The Morgan fingerprint density at radius 1 is 1.11 bits per heavy atom. The Morgan fingerprint density at radius 3 is 2.50 bits per heavy atom. The van der Waals surface area contributed by atoms with Crippen LogP contribution in [-0.4, -0.2) is 90.1 Å². The molecule has 0 aromatic heterocycles. The number of ether oxygens (including phenoxy) is 1. The van der Waals surface area contributed by atoms with Crippen molar-refractivity contribution in [2.45, 2.75) is 58.1 Å². The summed E-state index contributed by atoms with van der Waals surface area (Å²) in [6, 6.07) is 0.187. The van der Waals surface area contributed by atoms with Gasteiger partial charge in [-0.1, -0.05) is 0 Å². The summed E-state index contributed by atoms with van der Waals surface area (Å²) in [7, 11) is 0. The van der Waals surface area contributed by atoms with Gasteiger partial charge in [-0.15, -0.1) is 24.0 Å². The predicted molar refractivity (Wildman–Crippen MR) is 119 cm³/mol. The molecule has 8 nitrogen and oxygen atoms in total. The summed E-state index contributed by atoms with van der Waals surface area (Å²) in [6.45, 7) is 10.7. The quantitative estimate of drug-likeness (QED) is 0.591. The van der Waals surface area contributed by atoms with Crippen LogP contribution in [0.15, 0.2) is 4.99 Å². The molecule has 1 N–H and O–H groups in total. The highest BCUT2D eigenvalue weighted by atomic mass is 127. The number of nitrogens with one attached hydrogen (secondary N) is 1. The number of carbonyl (C=O) groups is 2. The molecular formula is C19H34IN5O3. The van der Waals surface area contributed by atoms with Crippen molar-refractivity contribution in [3.05, 3.63) is 0 Å². The molecule has 3 aliphatic heterocycles. The second-order valence-electron chi connectivity index (χ2n) is 8.56. The van der Waals surface area contributed by atoms with E-state index in [0.717, 1.165) is 38.4 Å². The van der Waals surface area contributed by atoms with Crippen molar-refractivity contribution >= 4 is 41.9 Å². The van der Waals surface area contributed by atoms with Crippen molar-refractivity contribution < 1.29 is 14.3 Å². The molecule has 1 unspecified atom stereocenters. The van der Waals surface area contributed by atoms with Gasteiger partial charge in [-0.3, -0.25) is 9.79 Å². The second kappa shape index (κ2) is 9.98. The van der Waals surface area contributed by atoms with Crippen LogP contribution in [-0.2, 0) is 9.53 Å². The molecule has 28 heavy (non-hydrogen) atoms. The van der Waals surface area contributed by atoms with Crippen LogP contribution in [0.5, 0.6) is 0 Å². The minimum Gasteiger partial charge on any atom is -0.444 e. The number of halogens is 1. The fourth-order valence-corrected chi connectivity index (χ4v) is 3.81. The zero-order chi connectivity index (χ0) is 19.4. The first kappa shape index (κ1) is 23.0. The number of guanidine groups is 1. The van der Waals surface area contributed by atoms with Crippen LogP contribution in [0.4, 0.5) is 4.79 Å². The highest BCUT2D eigenvalue weighted by Crippen LogP contribution is 2.18. The summed E-state index contributed by atoms with van der Waals surface area (Å²) in [4.78, 5) is 35.1. The number of carbonyl (C=O) groups excluding carboxylic acids is 2. The van der Waals surface area contributed by atoms with E-state index in [9.17, 15) is 9.59 Å². The first-order valence-corrected chi connectivity index (χ1v) is 10.1. The number of piperazine rings is 1. The molecule has 0 spiro atoms. The average Bonchev–Trinajstić information content (AvgIpc) is 3.03. The van der Waals surface area contributed by atoms with Gasteiger partial charge in [0.1, 0.15) is 5.60 Å². The summed E-state index contributed by atoms with van der Waals surface area (Å²) in [5.74, 6) is 1.09. The van der Waals surface area contributed by atoms with Crippen LogP contribution >= 0.6 is 24.0 Å². The lowest BCUT2D eigenvalue weighted by Crippen LogP contribution is -2.57. The highest BCUT2D eigenvalue weighted by molar-refractivity contribution is 14.0. The van der Waals surface area contributed by atoms with Crippen LogP contribution in [0.3, 0.4) is 0 Å². The molecule has 3 heterocycles. The molecule has 0 aromatic rings. The molecule has 9 heteroatoms. The lowest BCUT2D eigenvalue weighted by atomic mass is 10.1. The van der Waals surface area contributed by atoms with Gasteiger partial charge in [-0.2, -0.15) is 0 Å². The third-order valence-electron chi connectivity index (χ3n) is 5.19. The molecule has 1 atom stereocenters. The maximum atomic E-state index is 12.3. The van der Waals surface area contributed by atoms with Gasteiger partial charge in [0.25, 0.3) is 0 Å². The molecule has 0 bridgehead atoms. The van der Waals surface area contributed by atoms with E-state index in [0.29, 0.717) is 32.6 Å². The minimum absolute atomic E-state index is 0. The van der Waals surface area contributed by atoms with E-state index in [1.54, 1.807) is 4.90 Å². The van der Waals surface area contributed by atoms with Gasteiger partial charge >= 0.3 is 6.09 Å². The number of nitrogens with zero attached hydrogens (tertiary/aromatic N) is 4. The SMILES string of the molecule is CC(C)(C)OC(=O)N1CCN2C(NCCC(=O)N3CCCCC3)=NCC2C1.I. The zero-order valence-electron chi connectivity index (χ0n) is 17.3. The maximum absolute atomic E-state index is 12.3.